The van der Waals surface area contributed by atoms with Crippen molar-refractivity contribution in [3.8, 4) is 0 Å². The van der Waals surface area contributed by atoms with Gasteiger partial charge in [0.2, 0.25) is 29.7 Å². The molecular weight excluding hydrogens is 539 g/mol. The third-order valence-corrected chi connectivity index (χ3v) is 13.6. The van der Waals surface area contributed by atoms with Crippen molar-refractivity contribution in [3.63, 3.8) is 0 Å². The number of hydrogen-bond acceptors (Lipinski definition) is 6. The normalized spacial score (nSPS) is 19.4. The van der Waals surface area contributed by atoms with Gasteiger partial charge in [0.1, 0.15) is 0 Å². The van der Waals surface area contributed by atoms with Crippen LogP contribution in [0.3, 0.4) is 0 Å². The Labute approximate surface area is 227 Å². The highest BCUT2D eigenvalue weighted by Gasteiger charge is 2.65. The van der Waals surface area contributed by atoms with E-state index in [2.05, 4.69) is 5.32 Å². The van der Waals surface area contributed by atoms with Gasteiger partial charge in [-0.2, -0.15) is 0 Å². The summed E-state index contributed by atoms with van der Waals surface area (Å²) >= 11 is 1.15. The van der Waals surface area contributed by atoms with Gasteiger partial charge in [-0.25, -0.2) is 16.8 Å². The van der Waals surface area contributed by atoms with Crippen molar-refractivity contribution in [2.75, 3.05) is 0 Å². The third kappa shape index (κ3) is 4.44. The first-order valence-corrected chi connectivity index (χ1v) is 15.8. The number of thioether (sulfide) groups is 1. The van der Waals surface area contributed by atoms with Crippen LogP contribution >= 0.6 is 11.8 Å². The molecule has 1 heterocycles. The number of piperidine rings is 1. The average Bonchev–Trinajstić information content (AvgIpc) is 2.95. The lowest BCUT2D eigenvalue weighted by molar-refractivity contribution is -0.122. The van der Waals surface area contributed by atoms with Crippen LogP contribution < -0.4 is 5.32 Å². The van der Waals surface area contributed by atoms with Crippen LogP contribution in [0, 0.1) is 0 Å². The monoisotopic (exact) mass is 563 g/mol. The quantitative estimate of drug-likeness (QED) is 0.338. The minimum Gasteiger partial charge on any atom is -0.346 e. The molecule has 38 heavy (non-hydrogen) atoms. The second-order valence-corrected chi connectivity index (χ2v) is 14.9. The van der Waals surface area contributed by atoms with E-state index < -0.39 is 47.4 Å². The standard InChI is InChI=1S/C29H25NO5S3/c31-28-26(36-23-15-7-2-8-16-23)21-29(27(30-28)22-13-5-1-6-14-22,37(32,33)24-17-9-3-10-18-24)38(34,35)25-19-11-4-12-20-25/h1-20,26-27H,21H2,(H,30,31)/t26-,27+/m1/s1. The van der Waals surface area contributed by atoms with Gasteiger partial charge in [-0.15, -0.1) is 11.8 Å². The van der Waals surface area contributed by atoms with Crippen molar-refractivity contribution in [1.82, 2.24) is 5.32 Å². The van der Waals surface area contributed by atoms with E-state index in [0.717, 1.165) is 16.7 Å². The van der Waals surface area contributed by atoms with Crippen LogP contribution in [0.2, 0.25) is 0 Å². The molecule has 4 aromatic carbocycles. The van der Waals surface area contributed by atoms with E-state index in [4.69, 9.17) is 0 Å². The number of hydrogen-bond donors (Lipinski definition) is 1. The minimum atomic E-state index is -4.59. The summed E-state index contributed by atoms with van der Waals surface area (Å²) in [5, 5.41) is 1.85. The molecule has 0 aliphatic carbocycles. The fourth-order valence-corrected chi connectivity index (χ4v) is 11.5. The Morgan fingerprint density at radius 3 is 1.53 bits per heavy atom. The number of benzene rings is 4. The fourth-order valence-electron chi connectivity index (χ4n) is 4.83. The molecule has 1 amide bonds. The number of nitrogens with one attached hydrogen (secondary N) is 1. The molecule has 5 rings (SSSR count). The average molecular weight is 564 g/mol. The molecule has 0 radical (unpaired) electrons. The number of carbonyl (C=O) groups excluding carboxylic acids is 1. The van der Waals surface area contributed by atoms with E-state index in [1.54, 1.807) is 78.9 Å². The zero-order chi connectivity index (χ0) is 26.8. The number of amides is 1. The van der Waals surface area contributed by atoms with Gasteiger partial charge in [-0.1, -0.05) is 84.9 Å². The van der Waals surface area contributed by atoms with Gasteiger partial charge in [-0.05, 0) is 42.0 Å². The van der Waals surface area contributed by atoms with Gasteiger partial charge >= 0.3 is 0 Å². The SMILES string of the molecule is O=C1N[C@@H](c2ccccc2)C(S(=O)(=O)c2ccccc2)(S(=O)(=O)c2ccccc2)C[C@H]1Sc1ccccc1. The Balaban J connectivity index is 1.81. The van der Waals surface area contributed by atoms with Crippen molar-refractivity contribution < 1.29 is 21.6 Å². The molecule has 0 unspecified atom stereocenters. The van der Waals surface area contributed by atoms with Crippen LogP contribution in [-0.2, 0) is 24.5 Å². The smallest absolute Gasteiger partial charge is 0.234 e. The summed E-state index contributed by atoms with van der Waals surface area (Å²) in [6.45, 7) is 0. The Morgan fingerprint density at radius 1 is 0.632 bits per heavy atom. The van der Waals surface area contributed by atoms with Gasteiger partial charge in [0, 0.05) is 11.3 Å². The third-order valence-electron chi connectivity index (χ3n) is 6.66. The van der Waals surface area contributed by atoms with Crippen LogP contribution in [0.15, 0.2) is 136 Å². The van der Waals surface area contributed by atoms with Crippen LogP contribution in [-0.4, -0.2) is 32.1 Å². The van der Waals surface area contributed by atoms with Crippen molar-refractivity contribution in [1.29, 1.82) is 0 Å². The molecule has 1 N–H and O–H groups in total. The summed E-state index contributed by atoms with van der Waals surface area (Å²) in [7, 11) is -9.18. The molecule has 1 fully saturated rings. The largest absolute Gasteiger partial charge is 0.346 e. The first-order chi connectivity index (χ1) is 18.3. The molecule has 1 aliphatic rings. The lowest BCUT2D eigenvalue weighted by Gasteiger charge is -2.45. The molecule has 0 aromatic heterocycles. The summed E-state index contributed by atoms with van der Waals surface area (Å²) in [6.07, 6.45) is -0.438. The molecule has 1 aliphatic heterocycles. The summed E-state index contributed by atoms with van der Waals surface area (Å²) in [5.74, 6) is -0.421. The molecule has 0 bridgehead atoms. The van der Waals surface area contributed by atoms with Crippen LogP contribution in [0.1, 0.15) is 18.0 Å². The van der Waals surface area contributed by atoms with Crippen LogP contribution in [0.25, 0.3) is 0 Å². The zero-order valence-electron chi connectivity index (χ0n) is 20.2. The second kappa shape index (κ2) is 10.4. The van der Waals surface area contributed by atoms with Gasteiger partial charge in [0.15, 0.2) is 0 Å². The molecular formula is C29H25NO5S3. The van der Waals surface area contributed by atoms with Crippen molar-refractivity contribution >= 4 is 37.3 Å². The summed E-state index contributed by atoms with van der Waals surface area (Å²) < 4.78 is 56.3. The maximum absolute atomic E-state index is 14.7. The van der Waals surface area contributed by atoms with Gasteiger partial charge in [0.25, 0.3) is 0 Å². The summed E-state index contributed by atoms with van der Waals surface area (Å²) in [5.41, 5.74) is 0.392. The predicted molar refractivity (Wildman–Crippen MR) is 148 cm³/mol. The van der Waals surface area contributed by atoms with E-state index in [-0.39, 0.29) is 9.79 Å². The highest BCUT2D eigenvalue weighted by atomic mass is 32.3. The van der Waals surface area contributed by atoms with Crippen molar-refractivity contribution in [2.24, 2.45) is 0 Å². The zero-order valence-corrected chi connectivity index (χ0v) is 22.6. The van der Waals surface area contributed by atoms with Gasteiger partial charge in [0.05, 0.1) is 21.1 Å². The number of sulfone groups is 2. The van der Waals surface area contributed by atoms with E-state index in [9.17, 15) is 21.6 Å². The highest BCUT2D eigenvalue weighted by molar-refractivity contribution is 8.10. The molecule has 9 heteroatoms. The Kier molecular flexibility index (Phi) is 7.17. The Bertz CT molecular complexity index is 1560. The van der Waals surface area contributed by atoms with E-state index in [1.807, 2.05) is 18.2 Å². The highest BCUT2D eigenvalue weighted by Crippen LogP contribution is 2.51. The van der Waals surface area contributed by atoms with Gasteiger partial charge in [-0.3, -0.25) is 4.79 Å². The molecule has 0 saturated carbocycles. The van der Waals surface area contributed by atoms with E-state index >= 15 is 0 Å². The van der Waals surface area contributed by atoms with Crippen LogP contribution in [0.4, 0.5) is 0 Å². The van der Waals surface area contributed by atoms with E-state index in [0.29, 0.717) is 5.56 Å². The number of carbonyl (C=O) groups is 1. The molecule has 1 saturated heterocycles. The molecule has 194 valence electrons. The Hall–Kier alpha value is -3.40. The molecule has 4 aromatic rings. The minimum absolute atomic E-state index is 0.125. The predicted octanol–water partition coefficient (Wildman–Crippen LogP) is 5.05. The number of rotatable bonds is 7. The molecule has 0 spiro atoms. The lowest BCUT2D eigenvalue weighted by Crippen LogP contribution is -2.63. The maximum atomic E-state index is 14.7. The summed E-state index contributed by atoms with van der Waals surface area (Å²) in [6, 6.07) is 31.3. The first-order valence-electron chi connectivity index (χ1n) is 11.9. The van der Waals surface area contributed by atoms with Crippen molar-refractivity contribution in [2.45, 2.75) is 36.5 Å². The Morgan fingerprint density at radius 2 is 1.05 bits per heavy atom. The maximum Gasteiger partial charge on any atom is 0.234 e. The first kappa shape index (κ1) is 26.2. The molecule has 6 nitrogen and oxygen atoms in total. The van der Waals surface area contributed by atoms with E-state index in [1.165, 1.54) is 24.3 Å². The summed E-state index contributed by atoms with van der Waals surface area (Å²) in [4.78, 5) is 14.0. The topological polar surface area (TPSA) is 97.4 Å². The van der Waals surface area contributed by atoms with Crippen molar-refractivity contribution in [3.05, 3.63) is 127 Å². The van der Waals surface area contributed by atoms with Crippen LogP contribution in [0.5, 0.6) is 0 Å². The molecule has 2 atom stereocenters. The fraction of sp³-hybridized carbons (Fsp3) is 0.138. The second-order valence-electron chi connectivity index (χ2n) is 8.92. The lowest BCUT2D eigenvalue weighted by atomic mass is 9.95. The van der Waals surface area contributed by atoms with Gasteiger partial charge < -0.3 is 5.32 Å².